The van der Waals surface area contributed by atoms with Crippen LogP contribution in [0.5, 0.6) is 0 Å². The van der Waals surface area contributed by atoms with Crippen LogP contribution in [0.1, 0.15) is 27.2 Å². The first-order valence-corrected chi connectivity index (χ1v) is 6.96. The van der Waals surface area contributed by atoms with Gasteiger partial charge in [-0.2, -0.15) is 0 Å². The molecule has 5 heteroatoms. The Hall–Kier alpha value is -1.36. The summed E-state index contributed by atoms with van der Waals surface area (Å²) >= 11 is 0. The van der Waals surface area contributed by atoms with Gasteiger partial charge in [-0.25, -0.2) is 9.97 Å². The smallest absolute Gasteiger partial charge is 0.134 e. The summed E-state index contributed by atoms with van der Waals surface area (Å²) in [6, 6.07) is 2.63. The second-order valence-electron chi connectivity index (χ2n) is 6.39. The van der Waals surface area contributed by atoms with E-state index in [-0.39, 0.29) is 0 Å². The molecule has 0 radical (unpaired) electrons. The molecule has 0 aromatic carbocycles. The minimum atomic E-state index is 0.348. The Balaban J connectivity index is 1.86. The van der Waals surface area contributed by atoms with Crippen LogP contribution in [0, 0.1) is 5.41 Å². The molecule has 1 aliphatic heterocycles. The van der Waals surface area contributed by atoms with E-state index < -0.39 is 0 Å². The summed E-state index contributed by atoms with van der Waals surface area (Å²) in [4.78, 5) is 10.9. The van der Waals surface area contributed by atoms with Gasteiger partial charge >= 0.3 is 0 Å². The molecular weight excluding hydrogens is 238 g/mol. The van der Waals surface area contributed by atoms with E-state index in [1.807, 2.05) is 13.1 Å². The molecule has 19 heavy (non-hydrogen) atoms. The minimum Gasteiger partial charge on any atom is -0.370 e. The molecule has 5 nitrogen and oxygen atoms in total. The summed E-state index contributed by atoms with van der Waals surface area (Å²) in [5, 5.41) is 6.64. The van der Waals surface area contributed by atoms with E-state index in [9.17, 15) is 0 Å². The Kier molecular flexibility index (Phi) is 4.24. The van der Waals surface area contributed by atoms with Crippen molar-refractivity contribution in [2.24, 2.45) is 5.41 Å². The molecule has 2 N–H and O–H groups in total. The zero-order valence-electron chi connectivity index (χ0n) is 12.4. The monoisotopic (exact) mass is 263 g/mol. The predicted molar refractivity (Wildman–Crippen MR) is 79.7 cm³/mol. The summed E-state index contributed by atoms with van der Waals surface area (Å²) in [6.45, 7) is 9.73. The van der Waals surface area contributed by atoms with Crippen molar-refractivity contribution in [3.63, 3.8) is 0 Å². The lowest BCUT2D eigenvalue weighted by Crippen LogP contribution is -2.57. The van der Waals surface area contributed by atoms with Crippen molar-refractivity contribution in [3.05, 3.63) is 12.4 Å². The molecule has 106 valence electrons. The van der Waals surface area contributed by atoms with Crippen molar-refractivity contribution < 1.29 is 0 Å². The van der Waals surface area contributed by atoms with Gasteiger partial charge in [-0.3, -0.25) is 0 Å². The number of hydrogen-bond donors (Lipinski definition) is 2. The number of rotatable bonds is 5. The minimum absolute atomic E-state index is 0.348. The van der Waals surface area contributed by atoms with Crippen LogP contribution in [-0.4, -0.2) is 42.7 Å². The van der Waals surface area contributed by atoms with Gasteiger partial charge in [-0.05, 0) is 18.9 Å². The summed E-state index contributed by atoms with van der Waals surface area (Å²) in [6.07, 6.45) is 2.76. The van der Waals surface area contributed by atoms with Gasteiger partial charge in [0.25, 0.3) is 0 Å². The third-order valence-electron chi connectivity index (χ3n) is 3.45. The van der Waals surface area contributed by atoms with E-state index in [1.165, 1.54) is 0 Å². The molecule has 0 saturated carbocycles. The normalized spacial score (nSPS) is 16.3. The molecule has 1 fully saturated rings. The van der Waals surface area contributed by atoms with Crippen molar-refractivity contribution >= 4 is 11.6 Å². The van der Waals surface area contributed by atoms with Crippen LogP contribution >= 0.6 is 0 Å². The summed E-state index contributed by atoms with van der Waals surface area (Å²) in [5.74, 6) is 1.93. The van der Waals surface area contributed by atoms with Gasteiger partial charge in [0.1, 0.15) is 18.0 Å². The summed E-state index contributed by atoms with van der Waals surface area (Å²) < 4.78 is 0. The van der Waals surface area contributed by atoms with Crippen LogP contribution in [0.3, 0.4) is 0 Å². The first-order chi connectivity index (χ1) is 8.98. The maximum atomic E-state index is 4.33. The molecule has 2 heterocycles. The SMILES string of the molecule is CNC1CN(c2cc(NCCC(C)(C)C)ncn2)C1. The van der Waals surface area contributed by atoms with E-state index in [4.69, 9.17) is 0 Å². The van der Waals surface area contributed by atoms with Gasteiger partial charge < -0.3 is 15.5 Å². The number of hydrogen-bond acceptors (Lipinski definition) is 5. The average molecular weight is 263 g/mol. The number of nitrogens with zero attached hydrogens (tertiary/aromatic N) is 3. The van der Waals surface area contributed by atoms with Gasteiger partial charge in [0.05, 0.1) is 0 Å². The highest BCUT2D eigenvalue weighted by atomic mass is 15.3. The van der Waals surface area contributed by atoms with E-state index in [0.717, 1.165) is 37.7 Å². The quantitative estimate of drug-likeness (QED) is 0.847. The lowest BCUT2D eigenvalue weighted by molar-refractivity contribution is 0.389. The molecule has 0 amide bonds. The summed E-state index contributed by atoms with van der Waals surface area (Å²) in [5.41, 5.74) is 0.348. The topological polar surface area (TPSA) is 53.1 Å². The van der Waals surface area contributed by atoms with Crippen molar-refractivity contribution in [1.82, 2.24) is 15.3 Å². The van der Waals surface area contributed by atoms with Crippen molar-refractivity contribution in [2.75, 3.05) is 36.9 Å². The van der Waals surface area contributed by atoms with Crippen molar-refractivity contribution in [3.8, 4) is 0 Å². The first kappa shape index (κ1) is 14.1. The Labute approximate surface area is 115 Å². The highest BCUT2D eigenvalue weighted by Crippen LogP contribution is 2.21. The molecule has 0 bridgehead atoms. The molecular formula is C14H25N5. The van der Waals surface area contributed by atoms with Crippen LogP contribution in [0.4, 0.5) is 11.6 Å². The zero-order valence-corrected chi connectivity index (χ0v) is 12.4. The average Bonchev–Trinajstić information content (AvgIpc) is 2.26. The maximum Gasteiger partial charge on any atom is 0.134 e. The molecule has 1 aromatic rings. The summed E-state index contributed by atoms with van der Waals surface area (Å²) in [7, 11) is 2.00. The van der Waals surface area contributed by atoms with E-state index >= 15 is 0 Å². The number of aromatic nitrogens is 2. The Morgan fingerprint density at radius 1 is 1.32 bits per heavy atom. The fourth-order valence-electron chi connectivity index (χ4n) is 2.03. The second kappa shape index (κ2) is 5.74. The molecule has 0 spiro atoms. The lowest BCUT2D eigenvalue weighted by Gasteiger charge is -2.39. The molecule has 1 aliphatic rings. The van der Waals surface area contributed by atoms with Gasteiger partial charge in [-0.15, -0.1) is 0 Å². The molecule has 2 rings (SSSR count). The largest absolute Gasteiger partial charge is 0.370 e. The van der Waals surface area contributed by atoms with Gasteiger partial charge in [0.2, 0.25) is 0 Å². The predicted octanol–water partition coefficient (Wildman–Crippen LogP) is 1.73. The fraction of sp³-hybridized carbons (Fsp3) is 0.714. The van der Waals surface area contributed by atoms with Crippen LogP contribution < -0.4 is 15.5 Å². The van der Waals surface area contributed by atoms with Crippen LogP contribution in [0.2, 0.25) is 0 Å². The van der Waals surface area contributed by atoms with Gasteiger partial charge in [0, 0.05) is 31.7 Å². The molecule has 0 unspecified atom stereocenters. The number of likely N-dealkylation sites (N-methyl/N-ethyl adjacent to an activating group) is 1. The highest BCUT2D eigenvalue weighted by Gasteiger charge is 2.26. The van der Waals surface area contributed by atoms with Crippen LogP contribution in [-0.2, 0) is 0 Å². The first-order valence-electron chi connectivity index (χ1n) is 6.96. The van der Waals surface area contributed by atoms with Gasteiger partial charge in [-0.1, -0.05) is 20.8 Å². The number of nitrogens with one attached hydrogen (secondary N) is 2. The third kappa shape index (κ3) is 4.06. The zero-order chi connectivity index (χ0) is 13.9. The Bertz CT molecular complexity index is 407. The van der Waals surface area contributed by atoms with Crippen LogP contribution in [0.15, 0.2) is 12.4 Å². The Morgan fingerprint density at radius 3 is 2.68 bits per heavy atom. The highest BCUT2D eigenvalue weighted by molar-refractivity contribution is 5.50. The molecule has 1 aromatic heterocycles. The maximum absolute atomic E-state index is 4.33. The van der Waals surface area contributed by atoms with E-state index in [2.05, 4.69) is 46.3 Å². The third-order valence-corrected chi connectivity index (χ3v) is 3.45. The number of anilines is 2. The van der Waals surface area contributed by atoms with E-state index in [1.54, 1.807) is 6.33 Å². The second-order valence-corrected chi connectivity index (χ2v) is 6.39. The van der Waals surface area contributed by atoms with Gasteiger partial charge in [0.15, 0.2) is 0 Å². The standard InChI is InChI=1S/C14H25N5/c1-14(2,3)5-6-16-12-7-13(18-10-17-12)19-8-11(9-19)15-4/h7,10-11,15H,5-6,8-9H2,1-4H3,(H,16,17,18). The Morgan fingerprint density at radius 2 is 2.05 bits per heavy atom. The molecule has 0 aliphatic carbocycles. The molecule has 1 saturated heterocycles. The lowest BCUT2D eigenvalue weighted by atomic mass is 9.92. The fourth-order valence-corrected chi connectivity index (χ4v) is 2.03. The van der Waals surface area contributed by atoms with Crippen molar-refractivity contribution in [2.45, 2.75) is 33.2 Å². The van der Waals surface area contributed by atoms with Crippen molar-refractivity contribution in [1.29, 1.82) is 0 Å². The van der Waals surface area contributed by atoms with Crippen LogP contribution in [0.25, 0.3) is 0 Å². The molecule has 0 atom stereocenters. The van der Waals surface area contributed by atoms with E-state index in [0.29, 0.717) is 11.5 Å².